The highest BCUT2D eigenvalue weighted by atomic mass is 16.6. The lowest BCUT2D eigenvalue weighted by molar-refractivity contribution is 0.0618. The standard InChI is InChI=1S/C24H34N4O6/c1-13(2)15-17(30-5)27-23(20(25-15)32-7)11-9-10-12-24-19(23)34-22(29)28(24)18(31-6)16(14(3)4)26-21(24)33-8/h9-10,13-15,19H,11-12H2,1-8H3/t15-,19-,23+,24+/m1/s1. The van der Waals surface area contributed by atoms with E-state index in [-0.39, 0.29) is 17.9 Å². The molecule has 3 heterocycles. The molecule has 1 amide bonds. The Morgan fingerprint density at radius 2 is 1.68 bits per heavy atom. The van der Waals surface area contributed by atoms with Crippen molar-refractivity contribution in [2.24, 2.45) is 26.8 Å². The van der Waals surface area contributed by atoms with E-state index in [2.05, 4.69) is 0 Å². The molecule has 4 atom stereocenters. The van der Waals surface area contributed by atoms with Crippen molar-refractivity contribution in [3.63, 3.8) is 0 Å². The molecule has 0 saturated carbocycles. The van der Waals surface area contributed by atoms with Crippen LogP contribution in [0.1, 0.15) is 40.5 Å². The summed E-state index contributed by atoms with van der Waals surface area (Å²) in [6, 6.07) is -0.314. The van der Waals surface area contributed by atoms with Crippen LogP contribution >= 0.6 is 0 Å². The first-order valence-electron chi connectivity index (χ1n) is 11.5. The highest BCUT2D eigenvalue weighted by Crippen LogP contribution is 2.51. The average Bonchev–Trinajstić information content (AvgIpc) is 3.05. The highest BCUT2D eigenvalue weighted by molar-refractivity contribution is 6.02. The number of hydrogen-bond acceptors (Lipinski definition) is 9. The van der Waals surface area contributed by atoms with Gasteiger partial charge in [-0.1, -0.05) is 39.8 Å². The molecule has 0 radical (unpaired) electrons. The van der Waals surface area contributed by atoms with E-state index in [0.717, 1.165) is 0 Å². The van der Waals surface area contributed by atoms with Gasteiger partial charge in [0.25, 0.3) is 0 Å². The van der Waals surface area contributed by atoms with Crippen molar-refractivity contribution in [2.45, 2.75) is 63.8 Å². The van der Waals surface area contributed by atoms with Crippen LogP contribution in [0, 0.1) is 11.8 Å². The molecule has 10 heteroatoms. The number of allylic oxidation sites excluding steroid dienone is 1. The van der Waals surface area contributed by atoms with Gasteiger partial charge < -0.3 is 23.7 Å². The van der Waals surface area contributed by atoms with Crippen molar-refractivity contribution >= 4 is 23.8 Å². The summed E-state index contributed by atoms with van der Waals surface area (Å²) < 4.78 is 29.3. The van der Waals surface area contributed by atoms with Gasteiger partial charge in [-0.15, -0.1) is 0 Å². The third kappa shape index (κ3) is 3.14. The number of fused-ring (bicyclic) bond motifs is 1. The second-order valence-electron chi connectivity index (χ2n) is 9.48. The summed E-state index contributed by atoms with van der Waals surface area (Å²) in [7, 11) is 6.21. The van der Waals surface area contributed by atoms with Crippen molar-refractivity contribution in [1.82, 2.24) is 4.90 Å². The van der Waals surface area contributed by atoms with Gasteiger partial charge in [-0.3, -0.25) is 0 Å². The molecule has 1 saturated heterocycles. The van der Waals surface area contributed by atoms with Gasteiger partial charge in [0.1, 0.15) is 11.7 Å². The fourth-order valence-electron chi connectivity index (χ4n) is 5.31. The first-order valence-corrected chi connectivity index (χ1v) is 11.5. The summed E-state index contributed by atoms with van der Waals surface area (Å²) in [6.07, 6.45) is 3.35. The Kier molecular flexibility index (Phi) is 6.12. The molecule has 1 aliphatic carbocycles. The first kappa shape index (κ1) is 24.1. The molecule has 0 aromatic carbocycles. The molecule has 3 aliphatic heterocycles. The van der Waals surface area contributed by atoms with Gasteiger partial charge in [-0.25, -0.2) is 24.7 Å². The van der Waals surface area contributed by atoms with E-state index in [1.54, 1.807) is 21.3 Å². The number of aliphatic imine (C=N–C) groups is 3. The van der Waals surface area contributed by atoms with E-state index in [1.165, 1.54) is 12.0 Å². The van der Waals surface area contributed by atoms with Crippen LogP contribution in [0.3, 0.4) is 0 Å². The van der Waals surface area contributed by atoms with Crippen molar-refractivity contribution < 1.29 is 28.5 Å². The summed E-state index contributed by atoms with van der Waals surface area (Å²) in [5, 5.41) is 0. The van der Waals surface area contributed by atoms with Crippen LogP contribution in [0.25, 0.3) is 0 Å². The summed E-state index contributed by atoms with van der Waals surface area (Å²) in [4.78, 5) is 29.8. The van der Waals surface area contributed by atoms with Crippen LogP contribution in [-0.2, 0) is 23.7 Å². The second kappa shape index (κ2) is 8.63. The Labute approximate surface area is 200 Å². The number of carbonyl (C=O) groups is 1. The number of nitrogens with zero attached hydrogens (tertiary/aromatic N) is 4. The molecule has 1 fully saturated rings. The predicted octanol–water partition coefficient (Wildman–Crippen LogP) is 3.29. The normalized spacial score (nSPS) is 32.6. The molecule has 4 aliphatic rings. The zero-order valence-corrected chi connectivity index (χ0v) is 21.1. The van der Waals surface area contributed by atoms with Crippen LogP contribution in [0.2, 0.25) is 0 Å². The molecule has 34 heavy (non-hydrogen) atoms. The topological polar surface area (TPSA) is 104 Å². The molecule has 0 unspecified atom stereocenters. The lowest BCUT2D eigenvalue weighted by Gasteiger charge is -2.46. The summed E-state index contributed by atoms with van der Waals surface area (Å²) in [6.45, 7) is 8.04. The minimum Gasteiger partial charge on any atom is -0.483 e. The minimum atomic E-state index is -1.17. The SMILES string of the molecule is COC1=N[C@]2(CC=CC[C@]34C(OC)=NC(C(C)C)=C(OC)N3C(=O)O[C@H]24)C(OC)=N[C@@H]1C(C)C. The Morgan fingerprint density at radius 1 is 1.00 bits per heavy atom. The van der Waals surface area contributed by atoms with Crippen molar-refractivity contribution in [3.05, 3.63) is 23.7 Å². The van der Waals surface area contributed by atoms with Gasteiger partial charge in [0, 0.05) is 18.8 Å². The zero-order valence-electron chi connectivity index (χ0n) is 21.1. The molecule has 186 valence electrons. The van der Waals surface area contributed by atoms with Gasteiger partial charge in [0.15, 0.2) is 17.2 Å². The maximum Gasteiger partial charge on any atom is 0.418 e. The summed E-state index contributed by atoms with van der Waals surface area (Å²) in [5.74, 6) is 1.65. The monoisotopic (exact) mass is 474 g/mol. The van der Waals surface area contributed by atoms with Crippen LogP contribution in [0.4, 0.5) is 4.79 Å². The Morgan fingerprint density at radius 3 is 2.24 bits per heavy atom. The summed E-state index contributed by atoms with van der Waals surface area (Å²) in [5.41, 5.74) is -1.71. The number of methoxy groups -OCH3 is 4. The predicted molar refractivity (Wildman–Crippen MR) is 127 cm³/mol. The number of amides is 1. The molecule has 0 aromatic rings. The molecular formula is C24H34N4O6. The Hall–Kier alpha value is -3.04. The lowest BCUT2D eigenvalue weighted by atomic mass is 9.75. The van der Waals surface area contributed by atoms with Gasteiger partial charge in [0.05, 0.1) is 28.4 Å². The molecule has 0 N–H and O–H groups in total. The number of carbonyl (C=O) groups excluding carboxylic acids is 1. The van der Waals surface area contributed by atoms with E-state index in [0.29, 0.717) is 42.1 Å². The van der Waals surface area contributed by atoms with Crippen molar-refractivity contribution in [2.75, 3.05) is 28.4 Å². The van der Waals surface area contributed by atoms with E-state index < -0.39 is 23.3 Å². The maximum absolute atomic E-state index is 13.5. The minimum absolute atomic E-state index is 0.0183. The molecule has 0 aromatic heterocycles. The van der Waals surface area contributed by atoms with Crippen LogP contribution < -0.4 is 0 Å². The van der Waals surface area contributed by atoms with Crippen molar-refractivity contribution in [3.8, 4) is 0 Å². The highest BCUT2D eigenvalue weighted by Gasteiger charge is 2.71. The second-order valence-corrected chi connectivity index (χ2v) is 9.48. The Bertz CT molecular complexity index is 1010. The van der Waals surface area contributed by atoms with Crippen LogP contribution in [0.5, 0.6) is 0 Å². The fraction of sp³-hybridized carbons (Fsp3) is 0.667. The number of rotatable bonds is 3. The van der Waals surface area contributed by atoms with E-state index >= 15 is 0 Å². The third-order valence-electron chi connectivity index (χ3n) is 6.86. The van der Waals surface area contributed by atoms with E-state index in [9.17, 15) is 4.79 Å². The maximum atomic E-state index is 13.5. The third-order valence-corrected chi connectivity index (χ3v) is 6.86. The molecule has 0 bridgehead atoms. The Balaban J connectivity index is 1.99. The van der Waals surface area contributed by atoms with Gasteiger partial charge in [0.2, 0.25) is 23.6 Å². The van der Waals surface area contributed by atoms with E-state index in [4.69, 9.17) is 38.7 Å². The molecule has 10 nitrogen and oxygen atoms in total. The molecule has 2 spiro atoms. The average molecular weight is 475 g/mol. The van der Waals surface area contributed by atoms with Crippen molar-refractivity contribution in [1.29, 1.82) is 0 Å². The smallest absolute Gasteiger partial charge is 0.418 e. The van der Waals surface area contributed by atoms with E-state index in [1.807, 2.05) is 39.8 Å². The first-order chi connectivity index (χ1) is 16.2. The van der Waals surface area contributed by atoms with Crippen LogP contribution in [-0.4, -0.2) is 80.3 Å². The number of hydrogen-bond donors (Lipinski definition) is 0. The van der Waals surface area contributed by atoms with Gasteiger partial charge in [-0.05, 0) is 5.92 Å². The largest absolute Gasteiger partial charge is 0.483 e. The number of ether oxygens (including phenoxy) is 5. The lowest BCUT2D eigenvalue weighted by Crippen LogP contribution is -2.67. The van der Waals surface area contributed by atoms with Gasteiger partial charge >= 0.3 is 6.09 Å². The van der Waals surface area contributed by atoms with Crippen LogP contribution in [0.15, 0.2) is 38.7 Å². The zero-order chi connectivity index (χ0) is 24.8. The quantitative estimate of drug-likeness (QED) is 0.582. The molecular weight excluding hydrogens is 440 g/mol. The fourth-order valence-corrected chi connectivity index (χ4v) is 5.31. The van der Waals surface area contributed by atoms with Gasteiger partial charge in [-0.2, -0.15) is 0 Å². The molecule has 4 rings (SSSR count). The summed E-state index contributed by atoms with van der Waals surface area (Å²) >= 11 is 0.